The second kappa shape index (κ2) is 12.5. The molecule has 0 aliphatic heterocycles. The van der Waals surface area contributed by atoms with Gasteiger partial charge in [-0.1, -0.05) is 133 Å². The number of aromatic nitrogens is 2. The third-order valence-corrected chi connectivity index (χ3v) is 11.7. The van der Waals surface area contributed by atoms with Crippen molar-refractivity contribution in [1.82, 2.24) is 9.13 Å². The molecule has 0 aliphatic rings. The Kier molecular flexibility index (Phi) is 6.93. The summed E-state index contributed by atoms with van der Waals surface area (Å²) in [5.41, 5.74) is 15.8. The first-order valence-corrected chi connectivity index (χ1v) is 19.5. The third kappa shape index (κ3) is 4.92. The van der Waals surface area contributed by atoms with Gasteiger partial charge in [-0.15, -0.1) is 0 Å². The molecule has 0 fully saturated rings. The van der Waals surface area contributed by atoms with Crippen LogP contribution in [0.3, 0.4) is 0 Å². The number of para-hydroxylation sites is 4. The molecular formula is C54H34N2O. The third-order valence-electron chi connectivity index (χ3n) is 11.7. The standard InChI is InChI=1S/C54H34N2O/c1-3-14-35(15-4-1)36-16-13-17-39(30-36)45-33-41(34-48-44-22-9-12-25-53(44)57-54(45)48)56-50-24-11-8-21-43(50)47-32-38(27-29-52(47)56)37-26-28-51-46(31-37)42-20-7-10-23-49(42)55(51)40-18-5-2-6-19-40/h1-34H. The van der Waals surface area contributed by atoms with E-state index in [1.54, 1.807) is 0 Å². The minimum atomic E-state index is 0.890. The summed E-state index contributed by atoms with van der Waals surface area (Å²) < 4.78 is 11.5. The second-order valence-corrected chi connectivity index (χ2v) is 14.9. The van der Waals surface area contributed by atoms with Gasteiger partial charge in [-0.05, 0) is 101 Å². The van der Waals surface area contributed by atoms with Gasteiger partial charge >= 0.3 is 0 Å². The Hall–Kier alpha value is -7.62. The van der Waals surface area contributed by atoms with Crippen molar-refractivity contribution in [3.63, 3.8) is 0 Å². The molecule has 0 aliphatic carbocycles. The van der Waals surface area contributed by atoms with E-state index >= 15 is 0 Å². The molecule has 0 saturated carbocycles. The monoisotopic (exact) mass is 726 g/mol. The van der Waals surface area contributed by atoms with E-state index in [9.17, 15) is 0 Å². The van der Waals surface area contributed by atoms with E-state index in [1.807, 2.05) is 6.07 Å². The van der Waals surface area contributed by atoms with Gasteiger partial charge in [0.2, 0.25) is 0 Å². The number of fused-ring (bicyclic) bond motifs is 9. The lowest BCUT2D eigenvalue weighted by molar-refractivity contribution is 0.670. The van der Waals surface area contributed by atoms with Crippen LogP contribution in [-0.4, -0.2) is 9.13 Å². The topological polar surface area (TPSA) is 23.0 Å². The Bertz CT molecular complexity index is 3510. The summed E-state index contributed by atoms with van der Waals surface area (Å²) in [6.07, 6.45) is 0. The lowest BCUT2D eigenvalue weighted by Crippen LogP contribution is -1.95. The highest BCUT2D eigenvalue weighted by atomic mass is 16.3. The average molecular weight is 727 g/mol. The molecule has 0 amide bonds. The summed E-state index contributed by atoms with van der Waals surface area (Å²) in [6, 6.07) is 74.4. The van der Waals surface area contributed by atoms with Crippen molar-refractivity contribution in [1.29, 1.82) is 0 Å². The van der Waals surface area contributed by atoms with Crippen molar-refractivity contribution in [2.75, 3.05) is 0 Å². The normalized spacial score (nSPS) is 11.9. The van der Waals surface area contributed by atoms with Gasteiger partial charge in [-0.25, -0.2) is 0 Å². The molecule has 9 aromatic carbocycles. The molecule has 57 heavy (non-hydrogen) atoms. The van der Waals surface area contributed by atoms with Crippen LogP contribution in [0.2, 0.25) is 0 Å². The quantitative estimate of drug-likeness (QED) is 0.173. The summed E-state index contributed by atoms with van der Waals surface area (Å²) in [7, 11) is 0. The summed E-state index contributed by atoms with van der Waals surface area (Å²) in [5.74, 6) is 0. The Morgan fingerprint density at radius 2 is 0.789 bits per heavy atom. The highest BCUT2D eigenvalue weighted by Gasteiger charge is 2.20. The Morgan fingerprint density at radius 3 is 1.47 bits per heavy atom. The van der Waals surface area contributed by atoms with E-state index in [-0.39, 0.29) is 0 Å². The lowest BCUT2D eigenvalue weighted by atomic mass is 9.97. The summed E-state index contributed by atoms with van der Waals surface area (Å²) in [5, 5.41) is 7.17. The Labute approximate surface area is 328 Å². The maximum absolute atomic E-state index is 6.67. The van der Waals surface area contributed by atoms with Gasteiger partial charge in [0.15, 0.2) is 0 Å². The van der Waals surface area contributed by atoms with Gasteiger partial charge < -0.3 is 13.6 Å². The van der Waals surface area contributed by atoms with Crippen molar-refractivity contribution in [3.8, 4) is 44.8 Å². The average Bonchev–Trinajstić information content (AvgIpc) is 3.94. The van der Waals surface area contributed by atoms with Crippen LogP contribution in [0.4, 0.5) is 0 Å². The van der Waals surface area contributed by atoms with Gasteiger partial charge in [0.1, 0.15) is 11.2 Å². The van der Waals surface area contributed by atoms with Crippen LogP contribution in [0, 0.1) is 0 Å². The van der Waals surface area contributed by atoms with Gasteiger partial charge in [0, 0.05) is 49.3 Å². The van der Waals surface area contributed by atoms with Crippen molar-refractivity contribution < 1.29 is 4.42 Å². The van der Waals surface area contributed by atoms with Crippen LogP contribution in [0.1, 0.15) is 0 Å². The fraction of sp³-hybridized carbons (Fsp3) is 0. The molecule has 3 nitrogen and oxygen atoms in total. The fourth-order valence-corrected chi connectivity index (χ4v) is 9.09. The predicted molar refractivity (Wildman–Crippen MR) is 239 cm³/mol. The first-order chi connectivity index (χ1) is 28.3. The first-order valence-electron chi connectivity index (χ1n) is 19.5. The molecule has 0 atom stereocenters. The maximum Gasteiger partial charge on any atom is 0.143 e. The second-order valence-electron chi connectivity index (χ2n) is 14.9. The zero-order valence-corrected chi connectivity index (χ0v) is 30.9. The number of benzene rings is 9. The van der Waals surface area contributed by atoms with Crippen molar-refractivity contribution in [2.45, 2.75) is 0 Å². The molecule has 3 aromatic heterocycles. The van der Waals surface area contributed by atoms with E-state index in [4.69, 9.17) is 4.42 Å². The number of furan rings is 1. The van der Waals surface area contributed by atoms with E-state index < -0.39 is 0 Å². The van der Waals surface area contributed by atoms with Crippen LogP contribution >= 0.6 is 0 Å². The lowest BCUT2D eigenvalue weighted by Gasteiger charge is -2.13. The first kappa shape index (κ1) is 31.7. The van der Waals surface area contributed by atoms with Crippen LogP contribution < -0.4 is 0 Å². The number of nitrogens with zero attached hydrogens (tertiary/aromatic N) is 2. The molecule has 3 heteroatoms. The Balaban J connectivity index is 1.06. The molecule has 0 radical (unpaired) electrons. The zero-order chi connectivity index (χ0) is 37.5. The van der Waals surface area contributed by atoms with E-state index in [2.05, 4.69) is 209 Å². The molecular weight excluding hydrogens is 693 g/mol. The highest BCUT2D eigenvalue weighted by Crippen LogP contribution is 2.42. The van der Waals surface area contributed by atoms with Crippen molar-refractivity contribution >= 4 is 65.6 Å². The van der Waals surface area contributed by atoms with Crippen LogP contribution in [0.5, 0.6) is 0 Å². The fourth-order valence-electron chi connectivity index (χ4n) is 9.09. The molecule has 0 unspecified atom stereocenters. The van der Waals surface area contributed by atoms with E-state index in [1.165, 1.54) is 66.0 Å². The molecule has 0 bridgehead atoms. The number of rotatable bonds is 5. The summed E-state index contributed by atoms with van der Waals surface area (Å²) in [6.45, 7) is 0. The van der Waals surface area contributed by atoms with E-state index in [0.29, 0.717) is 0 Å². The van der Waals surface area contributed by atoms with Crippen molar-refractivity contribution in [2.24, 2.45) is 0 Å². The summed E-state index contributed by atoms with van der Waals surface area (Å²) >= 11 is 0. The van der Waals surface area contributed by atoms with Gasteiger partial charge in [0.25, 0.3) is 0 Å². The molecule has 0 N–H and O–H groups in total. The van der Waals surface area contributed by atoms with Crippen LogP contribution in [0.15, 0.2) is 211 Å². The molecule has 0 spiro atoms. The van der Waals surface area contributed by atoms with Crippen molar-refractivity contribution in [3.05, 3.63) is 206 Å². The molecule has 12 aromatic rings. The minimum absolute atomic E-state index is 0.890. The summed E-state index contributed by atoms with van der Waals surface area (Å²) in [4.78, 5) is 0. The number of hydrogen-bond donors (Lipinski definition) is 0. The number of hydrogen-bond acceptors (Lipinski definition) is 1. The molecule has 0 saturated heterocycles. The van der Waals surface area contributed by atoms with Gasteiger partial charge in [0.05, 0.1) is 22.1 Å². The van der Waals surface area contributed by atoms with Gasteiger partial charge in [-0.3, -0.25) is 0 Å². The molecule has 266 valence electrons. The van der Waals surface area contributed by atoms with E-state index in [0.717, 1.165) is 44.3 Å². The zero-order valence-electron chi connectivity index (χ0n) is 30.9. The SMILES string of the molecule is c1ccc(-c2cccc(-c3cc(-n4c5ccccc5c5cc(-c6ccc7c(c6)c6ccccc6n7-c6ccccc6)ccc54)cc4c3oc3ccccc34)c2)cc1. The largest absolute Gasteiger partial charge is 0.455 e. The van der Waals surface area contributed by atoms with Gasteiger partial charge in [-0.2, -0.15) is 0 Å². The molecule has 12 rings (SSSR count). The van der Waals surface area contributed by atoms with Crippen LogP contribution in [0.25, 0.3) is 110 Å². The maximum atomic E-state index is 6.67. The highest BCUT2D eigenvalue weighted by molar-refractivity contribution is 6.14. The minimum Gasteiger partial charge on any atom is -0.455 e. The smallest absolute Gasteiger partial charge is 0.143 e. The Morgan fingerprint density at radius 1 is 0.281 bits per heavy atom. The van der Waals surface area contributed by atoms with Crippen LogP contribution in [-0.2, 0) is 0 Å². The molecule has 3 heterocycles. The predicted octanol–water partition coefficient (Wildman–Crippen LogP) is 14.8.